The van der Waals surface area contributed by atoms with Crippen LogP contribution in [-0.4, -0.2) is 60.1 Å². The predicted molar refractivity (Wildman–Crippen MR) is 75.6 cm³/mol. The molecule has 7 nitrogen and oxygen atoms in total. The molecule has 2 N–H and O–H groups in total. The van der Waals surface area contributed by atoms with Crippen LogP contribution in [0, 0.1) is 11.3 Å². The molecule has 1 rings (SSSR count). The second-order valence-corrected chi connectivity index (χ2v) is 6.44. The summed E-state index contributed by atoms with van der Waals surface area (Å²) in [7, 11) is 1.54. The van der Waals surface area contributed by atoms with E-state index in [1.807, 2.05) is 0 Å². The van der Waals surface area contributed by atoms with Crippen LogP contribution in [0.15, 0.2) is 0 Å². The first-order chi connectivity index (χ1) is 9.55. The quantitative estimate of drug-likeness (QED) is 0.767. The highest BCUT2D eigenvalue weighted by Crippen LogP contribution is 2.20. The maximum atomic E-state index is 12.3. The highest BCUT2D eigenvalue weighted by molar-refractivity contribution is 5.89. The van der Waals surface area contributed by atoms with Gasteiger partial charge < -0.3 is 20.1 Å². The van der Waals surface area contributed by atoms with Crippen LogP contribution in [0.1, 0.15) is 27.7 Å². The van der Waals surface area contributed by atoms with Crippen molar-refractivity contribution in [2.45, 2.75) is 39.8 Å². The van der Waals surface area contributed by atoms with Gasteiger partial charge in [-0.25, -0.2) is 0 Å². The van der Waals surface area contributed by atoms with Crippen molar-refractivity contribution in [1.29, 1.82) is 0 Å². The molecule has 0 radical (unpaired) electrons. The van der Waals surface area contributed by atoms with Crippen LogP contribution in [0.3, 0.4) is 0 Å². The predicted octanol–water partition coefficient (Wildman–Crippen LogP) is 0.0952. The molecule has 1 saturated heterocycles. The number of nitrogens with one attached hydrogen (secondary N) is 1. The van der Waals surface area contributed by atoms with E-state index < -0.39 is 29.4 Å². The van der Waals surface area contributed by atoms with E-state index in [1.54, 1.807) is 27.7 Å². The maximum absolute atomic E-state index is 12.3. The smallest absolute Gasteiger partial charge is 0.311 e. The zero-order valence-corrected chi connectivity index (χ0v) is 13.2. The fourth-order valence-electron chi connectivity index (χ4n) is 2.10. The van der Waals surface area contributed by atoms with Crippen LogP contribution in [0.4, 0.5) is 0 Å². The van der Waals surface area contributed by atoms with Gasteiger partial charge in [0.2, 0.25) is 11.8 Å². The summed E-state index contributed by atoms with van der Waals surface area (Å²) in [5, 5.41) is 11.8. The molecule has 1 aliphatic rings. The SMILES string of the molecule is CC(NC(=O)C(C)(C)C)C(=O)N(C)C1COCC1C(=O)O. The first-order valence-electron chi connectivity index (χ1n) is 6.94. The van der Waals surface area contributed by atoms with Crippen molar-refractivity contribution in [3.63, 3.8) is 0 Å². The first-order valence-corrected chi connectivity index (χ1v) is 6.94. The second kappa shape index (κ2) is 6.43. The van der Waals surface area contributed by atoms with Crippen LogP contribution in [0.5, 0.6) is 0 Å². The molecule has 0 aliphatic carbocycles. The summed E-state index contributed by atoms with van der Waals surface area (Å²) < 4.78 is 5.16. The van der Waals surface area contributed by atoms with Gasteiger partial charge in [0.1, 0.15) is 12.0 Å². The maximum Gasteiger partial charge on any atom is 0.311 e. The number of carbonyl (C=O) groups excluding carboxylic acids is 2. The van der Waals surface area contributed by atoms with E-state index in [-0.39, 0.29) is 25.0 Å². The number of carboxylic acids is 1. The van der Waals surface area contributed by atoms with E-state index >= 15 is 0 Å². The zero-order chi connectivity index (χ0) is 16.4. The Morgan fingerprint density at radius 1 is 1.29 bits per heavy atom. The van der Waals surface area contributed by atoms with E-state index in [9.17, 15) is 14.4 Å². The van der Waals surface area contributed by atoms with Crippen molar-refractivity contribution >= 4 is 17.8 Å². The molecule has 3 unspecified atom stereocenters. The van der Waals surface area contributed by atoms with Crippen molar-refractivity contribution in [2.75, 3.05) is 20.3 Å². The number of hydrogen-bond donors (Lipinski definition) is 2. The number of amides is 2. The Hall–Kier alpha value is -1.63. The fraction of sp³-hybridized carbons (Fsp3) is 0.786. The van der Waals surface area contributed by atoms with E-state index in [1.165, 1.54) is 11.9 Å². The molecule has 0 bridgehead atoms. The highest BCUT2D eigenvalue weighted by atomic mass is 16.5. The Morgan fingerprint density at radius 2 is 1.86 bits per heavy atom. The third-order valence-corrected chi connectivity index (χ3v) is 3.61. The summed E-state index contributed by atoms with van der Waals surface area (Å²) in [6.07, 6.45) is 0. The number of rotatable bonds is 4. The minimum absolute atomic E-state index is 0.0976. The van der Waals surface area contributed by atoms with Crippen LogP contribution >= 0.6 is 0 Å². The molecule has 3 atom stereocenters. The van der Waals surface area contributed by atoms with E-state index in [2.05, 4.69) is 5.32 Å². The molecule has 0 aromatic heterocycles. The largest absolute Gasteiger partial charge is 0.481 e. The molecule has 1 aliphatic heterocycles. The number of ether oxygens (including phenoxy) is 1. The Morgan fingerprint density at radius 3 is 2.33 bits per heavy atom. The van der Waals surface area contributed by atoms with Gasteiger partial charge in [-0.2, -0.15) is 0 Å². The van der Waals surface area contributed by atoms with Crippen LogP contribution in [-0.2, 0) is 19.1 Å². The molecule has 0 aromatic rings. The monoisotopic (exact) mass is 300 g/mol. The lowest BCUT2D eigenvalue weighted by molar-refractivity contribution is -0.145. The number of carbonyl (C=O) groups is 3. The van der Waals surface area contributed by atoms with Crippen LogP contribution in [0.25, 0.3) is 0 Å². The molecular formula is C14H24N2O5. The molecular weight excluding hydrogens is 276 g/mol. The van der Waals surface area contributed by atoms with Gasteiger partial charge in [0.15, 0.2) is 0 Å². The summed E-state index contributed by atoms with van der Waals surface area (Å²) in [4.78, 5) is 36.7. The molecule has 120 valence electrons. The summed E-state index contributed by atoms with van der Waals surface area (Å²) in [6, 6.07) is -1.22. The lowest BCUT2D eigenvalue weighted by Gasteiger charge is -2.30. The van der Waals surface area contributed by atoms with E-state index in [4.69, 9.17) is 9.84 Å². The number of hydrogen-bond acceptors (Lipinski definition) is 4. The van der Waals surface area contributed by atoms with Gasteiger partial charge in [-0.05, 0) is 6.92 Å². The van der Waals surface area contributed by atoms with E-state index in [0.29, 0.717) is 0 Å². The van der Waals surface area contributed by atoms with Crippen molar-refractivity contribution in [3.8, 4) is 0 Å². The zero-order valence-electron chi connectivity index (χ0n) is 13.2. The van der Waals surface area contributed by atoms with Crippen LogP contribution < -0.4 is 5.32 Å². The normalized spacial score (nSPS) is 23.5. The topological polar surface area (TPSA) is 95.9 Å². The summed E-state index contributed by atoms with van der Waals surface area (Å²) in [5.41, 5.74) is -0.590. The second-order valence-electron chi connectivity index (χ2n) is 6.44. The number of likely N-dealkylation sites (N-methyl/N-ethyl adjacent to an activating group) is 1. The lowest BCUT2D eigenvalue weighted by atomic mass is 9.95. The fourth-order valence-corrected chi connectivity index (χ4v) is 2.10. The lowest BCUT2D eigenvalue weighted by Crippen LogP contribution is -2.53. The van der Waals surface area contributed by atoms with Gasteiger partial charge in [-0.15, -0.1) is 0 Å². The number of aliphatic carboxylic acids is 1. The average Bonchev–Trinajstić information content (AvgIpc) is 2.84. The Kier molecular flexibility index (Phi) is 5.33. The van der Waals surface area contributed by atoms with Crippen molar-refractivity contribution < 1.29 is 24.2 Å². The standard InChI is InChI=1S/C14H24N2O5/c1-8(15-13(20)14(2,3)4)11(17)16(5)10-7-21-6-9(10)12(18)19/h8-10H,6-7H2,1-5H3,(H,15,20)(H,18,19). The molecule has 0 spiro atoms. The molecule has 0 aromatic carbocycles. The van der Waals surface area contributed by atoms with Crippen molar-refractivity contribution in [1.82, 2.24) is 10.2 Å². The van der Waals surface area contributed by atoms with Gasteiger partial charge in [0, 0.05) is 12.5 Å². The highest BCUT2D eigenvalue weighted by Gasteiger charge is 2.39. The molecule has 0 saturated carbocycles. The minimum Gasteiger partial charge on any atom is -0.481 e. The van der Waals surface area contributed by atoms with Gasteiger partial charge in [-0.3, -0.25) is 14.4 Å². The molecule has 21 heavy (non-hydrogen) atoms. The average molecular weight is 300 g/mol. The van der Waals surface area contributed by atoms with Crippen LogP contribution in [0.2, 0.25) is 0 Å². The Bertz CT molecular complexity index is 430. The third kappa shape index (κ3) is 4.17. The minimum atomic E-state index is -0.983. The Balaban J connectivity index is 2.69. The molecule has 1 heterocycles. The van der Waals surface area contributed by atoms with Gasteiger partial charge in [0.25, 0.3) is 0 Å². The van der Waals surface area contributed by atoms with Crippen molar-refractivity contribution in [2.24, 2.45) is 11.3 Å². The number of nitrogens with zero attached hydrogens (tertiary/aromatic N) is 1. The summed E-state index contributed by atoms with van der Waals surface area (Å²) >= 11 is 0. The summed E-state index contributed by atoms with van der Waals surface area (Å²) in [5.74, 6) is -2.27. The van der Waals surface area contributed by atoms with E-state index in [0.717, 1.165) is 0 Å². The third-order valence-electron chi connectivity index (χ3n) is 3.61. The molecule has 2 amide bonds. The molecule has 1 fully saturated rings. The van der Waals surface area contributed by atoms with Crippen molar-refractivity contribution in [3.05, 3.63) is 0 Å². The first kappa shape index (κ1) is 17.4. The van der Waals surface area contributed by atoms with Gasteiger partial charge in [0.05, 0.1) is 19.3 Å². The molecule has 7 heteroatoms. The number of carboxylic acid groups (broad SMARTS) is 1. The Labute approximate surface area is 124 Å². The summed E-state index contributed by atoms with van der Waals surface area (Å²) in [6.45, 7) is 7.16. The van der Waals surface area contributed by atoms with Gasteiger partial charge in [-0.1, -0.05) is 20.8 Å². The van der Waals surface area contributed by atoms with Gasteiger partial charge >= 0.3 is 5.97 Å².